The summed E-state index contributed by atoms with van der Waals surface area (Å²) in [6.45, 7) is 2.59. The Hall–Kier alpha value is -2.97. The number of para-hydroxylation sites is 1. The molecule has 8 nitrogen and oxygen atoms in total. The number of benzene rings is 1. The van der Waals surface area contributed by atoms with Gasteiger partial charge in [-0.05, 0) is 24.3 Å². The Labute approximate surface area is 169 Å². The summed E-state index contributed by atoms with van der Waals surface area (Å²) in [6, 6.07) is 11.5. The Morgan fingerprint density at radius 1 is 1.07 bits per heavy atom. The van der Waals surface area contributed by atoms with E-state index in [2.05, 4.69) is 15.2 Å². The molecule has 0 radical (unpaired) electrons. The van der Waals surface area contributed by atoms with Gasteiger partial charge in [0.2, 0.25) is 5.91 Å². The Morgan fingerprint density at radius 2 is 1.90 bits per heavy atom. The third-order valence-corrected chi connectivity index (χ3v) is 4.43. The van der Waals surface area contributed by atoms with E-state index in [1.54, 1.807) is 26.5 Å². The number of fused-ring (bicyclic) bond motifs is 1. The van der Waals surface area contributed by atoms with Crippen LogP contribution in [0.25, 0.3) is 22.5 Å². The molecule has 0 aliphatic rings. The van der Waals surface area contributed by atoms with Crippen LogP contribution in [-0.2, 0) is 14.3 Å². The average Bonchev–Trinajstić information content (AvgIpc) is 3.28. The molecule has 2 aromatic heterocycles. The number of nitrogens with one attached hydrogen (secondary N) is 1. The predicted octanol–water partition coefficient (Wildman–Crippen LogP) is 2.50. The molecule has 29 heavy (non-hydrogen) atoms. The molecule has 3 aromatic rings. The standard InChI is InChI=1S/C21H26N4O4/c1-27-14-10-22-19(26)9-11-25(12-15-28-2)21-16-6-3-4-7-17(16)23-20(24-21)18-8-5-13-29-18/h3-8,13H,9-12,14-15H2,1-2H3,(H,22,26). The van der Waals surface area contributed by atoms with Crippen molar-refractivity contribution in [2.24, 2.45) is 0 Å². The molecule has 0 saturated heterocycles. The molecule has 0 saturated carbocycles. The minimum absolute atomic E-state index is 0.0333. The average molecular weight is 398 g/mol. The first-order valence-electron chi connectivity index (χ1n) is 9.53. The molecule has 3 rings (SSSR count). The molecule has 1 amide bonds. The Balaban J connectivity index is 1.88. The second kappa shape index (κ2) is 10.5. The van der Waals surface area contributed by atoms with Crippen LogP contribution in [0.15, 0.2) is 47.1 Å². The SMILES string of the molecule is COCCNC(=O)CCN(CCOC)c1nc(-c2ccco2)nc2ccccc12. The Bertz CT molecular complexity index is 914. The summed E-state index contributed by atoms with van der Waals surface area (Å²) < 4.78 is 15.7. The molecule has 2 heterocycles. The lowest BCUT2D eigenvalue weighted by Crippen LogP contribution is -2.34. The normalized spacial score (nSPS) is 11.0. The van der Waals surface area contributed by atoms with E-state index >= 15 is 0 Å². The second-order valence-electron chi connectivity index (χ2n) is 6.44. The maximum absolute atomic E-state index is 12.2. The summed E-state index contributed by atoms with van der Waals surface area (Å²) in [5, 5.41) is 3.76. The third-order valence-electron chi connectivity index (χ3n) is 4.43. The second-order valence-corrected chi connectivity index (χ2v) is 6.44. The van der Waals surface area contributed by atoms with E-state index in [1.165, 1.54) is 0 Å². The van der Waals surface area contributed by atoms with E-state index in [0.29, 0.717) is 50.9 Å². The lowest BCUT2D eigenvalue weighted by atomic mass is 10.2. The van der Waals surface area contributed by atoms with Crippen LogP contribution in [0.5, 0.6) is 0 Å². The summed E-state index contributed by atoms with van der Waals surface area (Å²) in [6.07, 6.45) is 1.93. The minimum Gasteiger partial charge on any atom is -0.461 e. The van der Waals surface area contributed by atoms with Crippen molar-refractivity contribution in [1.29, 1.82) is 0 Å². The van der Waals surface area contributed by atoms with Crippen LogP contribution in [0.3, 0.4) is 0 Å². The maximum atomic E-state index is 12.2. The molecule has 1 aromatic carbocycles. The summed E-state index contributed by atoms with van der Waals surface area (Å²) in [4.78, 5) is 23.6. The summed E-state index contributed by atoms with van der Waals surface area (Å²) in [5.41, 5.74) is 0.816. The number of carbonyl (C=O) groups is 1. The number of nitrogens with zero attached hydrogens (tertiary/aromatic N) is 3. The van der Waals surface area contributed by atoms with Gasteiger partial charge in [-0.15, -0.1) is 0 Å². The van der Waals surface area contributed by atoms with Crippen molar-refractivity contribution in [1.82, 2.24) is 15.3 Å². The molecule has 0 aliphatic carbocycles. The van der Waals surface area contributed by atoms with E-state index in [4.69, 9.17) is 18.9 Å². The van der Waals surface area contributed by atoms with Crippen molar-refractivity contribution in [3.63, 3.8) is 0 Å². The number of amides is 1. The maximum Gasteiger partial charge on any atom is 0.221 e. The first kappa shape index (κ1) is 20.8. The number of hydrogen-bond acceptors (Lipinski definition) is 7. The van der Waals surface area contributed by atoms with Crippen LogP contribution >= 0.6 is 0 Å². The Kier molecular flexibility index (Phi) is 7.54. The first-order valence-corrected chi connectivity index (χ1v) is 9.53. The number of anilines is 1. The van der Waals surface area contributed by atoms with Crippen molar-refractivity contribution in [2.45, 2.75) is 6.42 Å². The van der Waals surface area contributed by atoms with E-state index in [0.717, 1.165) is 16.7 Å². The van der Waals surface area contributed by atoms with Gasteiger partial charge in [-0.25, -0.2) is 9.97 Å². The molecule has 0 fully saturated rings. The highest BCUT2D eigenvalue weighted by Gasteiger charge is 2.17. The van der Waals surface area contributed by atoms with Crippen LogP contribution < -0.4 is 10.2 Å². The highest BCUT2D eigenvalue weighted by Crippen LogP contribution is 2.27. The zero-order valence-electron chi connectivity index (χ0n) is 16.8. The number of ether oxygens (including phenoxy) is 2. The van der Waals surface area contributed by atoms with Crippen LogP contribution in [0.2, 0.25) is 0 Å². The fourth-order valence-electron chi connectivity index (χ4n) is 2.96. The lowest BCUT2D eigenvalue weighted by Gasteiger charge is -2.25. The molecular weight excluding hydrogens is 372 g/mol. The van der Waals surface area contributed by atoms with Gasteiger partial charge in [-0.3, -0.25) is 4.79 Å². The summed E-state index contributed by atoms with van der Waals surface area (Å²) >= 11 is 0. The fourth-order valence-corrected chi connectivity index (χ4v) is 2.96. The molecular formula is C21H26N4O4. The highest BCUT2D eigenvalue weighted by atomic mass is 16.5. The third kappa shape index (κ3) is 5.52. The number of furan rings is 1. The van der Waals surface area contributed by atoms with Crippen molar-refractivity contribution in [2.75, 3.05) is 52.0 Å². The highest BCUT2D eigenvalue weighted by molar-refractivity contribution is 5.91. The van der Waals surface area contributed by atoms with Gasteiger partial charge in [0.25, 0.3) is 0 Å². The van der Waals surface area contributed by atoms with Crippen molar-refractivity contribution in [3.05, 3.63) is 42.7 Å². The minimum atomic E-state index is -0.0333. The van der Waals surface area contributed by atoms with Gasteiger partial charge in [-0.1, -0.05) is 12.1 Å². The van der Waals surface area contributed by atoms with Crippen molar-refractivity contribution in [3.8, 4) is 11.6 Å². The molecule has 0 bridgehead atoms. The van der Waals surface area contributed by atoms with Gasteiger partial charge < -0.3 is 24.1 Å². The zero-order valence-corrected chi connectivity index (χ0v) is 16.8. The molecule has 0 spiro atoms. The number of aromatic nitrogens is 2. The van der Waals surface area contributed by atoms with E-state index < -0.39 is 0 Å². The van der Waals surface area contributed by atoms with Crippen molar-refractivity contribution >= 4 is 22.6 Å². The monoisotopic (exact) mass is 398 g/mol. The number of carbonyl (C=O) groups excluding carboxylic acids is 1. The molecule has 0 aliphatic heterocycles. The Morgan fingerprint density at radius 3 is 2.66 bits per heavy atom. The van der Waals surface area contributed by atoms with Crippen molar-refractivity contribution < 1.29 is 18.7 Å². The molecule has 8 heteroatoms. The molecule has 1 N–H and O–H groups in total. The lowest BCUT2D eigenvalue weighted by molar-refractivity contribution is -0.121. The smallest absolute Gasteiger partial charge is 0.221 e. The molecule has 0 unspecified atom stereocenters. The summed E-state index contributed by atoms with van der Waals surface area (Å²) in [7, 11) is 3.26. The predicted molar refractivity (Wildman–Crippen MR) is 111 cm³/mol. The van der Waals surface area contributed by atoms with E-state index in [1.807, 2.05) is 30.3 Å². The number of methoxy groups -OCH3 is 2. The van der Waals surface area contributed by atoms with Crippen LogP contribution in [-0.4, -0.2) is 62.9 Å². The van der Waals surface area contributed by atoms with Gasteiger partial charge in [0.15, 0.2) is 11.6 Å². The molecule has 154 valence electrons. The first-order chi connectivity index (χ1) is 14.2. The van der Waals surface area contributed by atoms with Crippen LogP contribution in [0.1, 0.15) is 6.42 Å². The quantitative estimate of drug-likeness (QED) is 0.496. The van der Waals surface area contributed by atoms with Crippen LogP contribution in [0.4, 0.5) is 5.82 Å². The number of hydrogen-bond donors (Lipinski definition) is 1. The number of rotatable bonds is 11. The fraction of sp³-hybridized carbons (Fsp3) is 0.381. The topological polar surface area (TPSA) is 89.7 Å². The molecule has 0 atom stereocenters. The van der Waals surface area contributed by atoms with Gasteiger partial charge >= 0.3 is 0 Å². The van der Waals surface area contributed by atoms with Gasteiger partial charge in [0.05, 0.1) is 25.0 Å². The largest absolute Gasteiger partial charge is 0.461 e. The van der Waals surface area contributed by atoms with Gasteiger partial charge in [-0.2, -0.15) is 0 Å². The zero-order chi connectivity index (χ0) is 20.5. The van der Waals surface area contributed by atoms with Crippen LogP contribution in [0, 0.1) is 0 Å². The van der Waals surface area contributed by atoms with E-state index in [-0.39, 0.29) is 5.91 Å². The van der Waals surface area contributed by atoms with Gasteiger partial charge in [0, 0.05) is 45.7 Å². The van der Waals surface area contributed by atoms with Gasteiger partial charge in [0.1, 0.15) is 5.82 Å². The summed E-state index contributed by atoms with van der Waals surface area (Å²) in [5.74, 6) is 1.83. The van der Waals surface area contributed by atoms with E-state index in [9.17, 15) is 4.79 Å².